The first-order valence-electron chi connectivity index (χ1n) is 7.00. The second-order valence-corrected chi connectivity index (χ2v) is 5.23. The maximum atomic E-state index is 4.53. The van der Waals surface area contributed by atoms with Crippen LogP contribution < -0.4 is 0 Å². The Bertz CT molecular complexity index is 948. The largest absolute Gasteiger partial charge is 0.261 e. The Kier molecular flexibility index (Phi) is 2.75. The Hall–Kier alpha value is -3.02. The molecule has 0 aliphatic heterocycles. The van der Waals surface area contributed by atoms with Crippen LogP contribution in [-0.2, 0) is 0 Å². The molecule has 0 aliphatic rings. The second kappa shape index (κ2) is 4.77. The van der Waals surface area contributed by atoms with Gasteiger partial charge in [0, 0.05) is 41.1 Å². The second-order valence-electron chi connectivity index (χ2n) is 5.23. The van der Waals surface area contributed by atoms with Crippen molar-refractivity contribution < 1.29 is 0 Å². The Labute approximate surface area is 127 Å². The van der Waals surface area contributed by atoms with Crippen LogP contribution in [0.5, 0.6) is 0 Å². The van der Waals surface area contributed by atoms with Crippen molar-refractivity contribution >= 4 is 5.65 Å². The zero-order chi connectivity index (χ0) is 15.1. The molecule has 0 bridgehead atoms. The summed E-state index contributed by atoms with van der Waals surface area (Å²) in [7, 11) is 0. The van der Waals surface area contributed by atoms with Crippen LogP contribution in [-0.4, -0.2) is 29.4 Å². The maximum absolute atomic E-state index is 4.53. The van der Waals surface area contributed by atoms with E-state index in [0.29, 0.717) is 0 Å². The third kappa shape index (κ3) is 2.05. The standard InChI is InChI=1S/C16H14N6/c1-11-3-4-13(7-17-11)14-8-18-22(10-14)15-9-19-21-6-5-12(2)20-16(15)21/h3-10H,1-2H3. The van der Waals surface area contributed by atoms with Crippen LogP contribution in [0.15, 0.2) is 49.2 Å². The van der Waals surface area contributed by atoms with Crippen molar-refractivity contribution in [2.24, 2.45) is 0 Å². The molecule has 4 heterocycles. The van der Waals surface area contributed by atoms with Crippen molar-refractivity contribution in [2.45, 2.75) is 13.8 Å². The highest BCUT2D eigenvalue weighted by molar-refractivity contribution is 5.63. The molecule has 0 N–H and O–H groups in total. The average Bonchev–Trinajstić information content (AvgIpc) is 3.14. The lowest BCUT2D eigenvalue weighted by molar-refractivity contribution is 0.883. The molecule has 0 spiro atoms. The molecule has 4 rings (SSSR count). The number of pyridine rings is 1. The highest BCUT2D eigenvalue weighted by Gasteiger charge is 2.10. The van der Waals surface area contributed by atoms with Gasteiger partial charge in [0.15, 0.2) is 5.65 Å². The first kappa shape index (κ1) is 12.7. The molecular weight excluding hydrogens is 276 g/mol. The van der Waals surface area contributed by atoms with E-state index in [1.807, 2.05) is 56.8 Å². The van der Waals surface area contributed by atoms with Crippen molar-refractivity contribution in [3.8, 4) is 16.8 Å². The van der Waals surface area contributed by atoms with Gasteiger partial charge in [-0.1, -0.05) is 6.07 Å². The number of hydrogen-bond acceptors (Lipinski definition) is 4. The van der Waals surface area contributed by atoms with E-state index in [2.05, 4.69) is 20.2 Å². The predicted octanol–water partition coefficient (Wildman–Crippen LogP) is 2.59. The highest BCUT2D eigenvalue weighted by Crippen LogP contribution is 2.21. The summed E-state index contributed by atoms with van der Waals surface area (Å²) in [5.74, 6) is 0. The lowest BCUT2D eigenvalue weighted by atomic mass is 10.1. The first-order valence-corrected chi connectivity index (χ1v) is 7.00. The van der Waals surface area contributed by atoms with E-state index in [1.54, 1.807) is 15.4 Å². The highest BCUT2D eigenvalue weighted by atomic mass is 15.3. The van der Waals surface area contributed by atoms with E-state index in [-0.39, 0.29) is 0 Å². The van der Waals surface area contributed by atoms with Crippen LogP contribution in [0.4, 0.5) is 0 Å². The quantitative estimate of drug-likeness (QED) is 0.569. The molecule has 0 radical (unpaired) electrons. The molecule has 0 atom stereocenters. The molecule has 6 heteroatoms. The van der Waals surface area contributed by atoms with Gasteiger partial charge >= 0.3 is 0 Å². The number of rotatable bonds is 2. The SMILES string of the molecule is Cc1ccc(-c2cnn(-c3cnn4ccc(C)nc34)c2)cn1. The van der Waals surface area contributed by atoms with E-state index in [0.717, 1.165) is 33.8 Å². The minimum Gasteiger partial charge on any atom is -0.261 e. The fourth-order valence-electron chi connectivity index (χ4n) is 2.35. The summed E-state index contributed by atoms with van der Waals surface area (Å²) in [5, 5.41) is 8.74. The summed E-state index contributed by atoms with van der Waals surface area (Å²) in [6.07, 6.45) is 9.32. The zero-order valence-electron chi connectivity index (χ0n) is 12.3. The molecule has 0 aliphatic carbocycles. The van der Waals surface area contributed by atoms with Crippen LogP contribution in [0.25, 0.3) is 22.5 Å². The molecule has 0 amide bonds. The summed E-state index contributed by atoms with van der Waals surface area (Å²) >= 11 is 0. The fourth-order valence-corrected chi connectivity index (χ4v) is 2.35. The Balaban J connectivity index is 1.80. The average molecular weight is 290 g/mol. The van der Waals surface area contributed by atoms with Crippen molar-refractivity contribution in [3.05, 3.63) is 60.6 Å². The van der Waals surface area contributed by atoms with Crippen LogP contribution in [0.2, 0.25) is 0 Å². The van der Waals surface area contributed by atoms with Crippen LogP contribution in [0.3, 0.4) is 0 Å². The van der Waals surface area contributed by atoms with E-state index >= 15 is 0 Å². The molecule has 0 fully saturated rings. The van der Waals surface area contributed by atoms with Crippen LogP contribution in [0, 0.1) is 13.8 Å². The van der Waals surface area contributed by atoms with E-state index in [9.17, 15) is 0 Å². The number of hydrogen-bond donors (Lipinski definition) is 0. The van der Waals surface area contributed by atoms with Crippen molar-refractivity contribution in [3.63, 3.8) is 0 Å². The lowest BCUT2D eigenvalue weighted by Crippen LogP contribution is -1.97. The fraction of sp³-hybridized carbons (Fsp3) is 0.125. The Morgan fingerprint density at radius 2 is 1.77 bits per heavy atom. The van der Waals surface area contributed by atoms with Gasteiger partial charge in [-0.25, -0.2) is 14.2 Å². The molecular formula is C16H14N6. The van der Waals surface area contributed by atoms with E-state index in [4.69, 9.17) is 0 Å². The van der Waals surface area contributed by atoms with Crippen LogP contribution in [0.1, 0.15) is 11.4 Å². The third-order valence-corrected chi connectivity index (χ3v) is 3.56. The molecule has 6 nitrogen and oxygen atoms in total. The van der Waals surface area contributed by atoms with Gasteiger partial charge in [-0.15, -0.1) is 0 Å². The molecule has 0 aromatic carbocycles. The van der Waals surface area contributed by atoms with Gasteiger partial charge < -0.3 is 0 Å². The first-order chi connectivity index (χ1) is 10.7. The smallest absolute Gasteiger partial charge is 0.181 e. The van der Waals surface area contributed by atoms with E-state index < -0.39 is 0 Å². The molecule has 108 valence electrons. The Morgan fingerprint density at radius 3 is 2.59 bits per heavy atom. The number of fused-ring (bicyclic) bond motifs is 1. The number of aryl methyl sites for hydroxylation is 2. The third-order valence-electron chi connectivity index (χ3n) is 3.56. The molecule has 0 saturated heterocycles. The normalized spacial score (nSPS) is 11.2. The van der Waals surface area contributed by atoms with E-state index in [1.165, 1.54) is 0 Å². The minimum atomic E-state index is 0.789. The summed E-state index contributed by atoms with van der Waals surface area (Å²) in [6.45, 7) is 3.93. The van der Waals surface area contributed by atoms with Gasteiger partial charge in [0.25, 0.3) is 0 Å². The monoisotopic (exact) mass is 290 g/mol. The van der Waals surface area contributed by atoms with Gasteiger partial charge in [0.2, 0.25) is 0 Å². The molecule has 22 heavy (non-hydrogen) atoms. The molecule has 0 unspecified atom stereocenters. The molecule has 4 aromatic rings. The van der Waals surface area contributed by atoms with Gasteiger partial charge in [-0.05, 0) is 26.0 Å². The molecule has 0 saturated carbocycles. The number of aromatic nitrogens is 6. The molecule has 4 aromatic heterocycles. The minimum absolute atomic E-state index is 0.789. The zero-order valence-corrected chi connectivity index (χ0v) is 12.3. The predicted molar refractivity (Wildman–Crippen MR) is 82.8 cm³/mol. The van der Waals surface area contributed by atoms with Gasteiger partial charge in [0.1, 0.15) is 5.69 Å². The maximum Gasteiger partial charge on any atom is 0.181 e. The van der Waals surface area contributed by atoms with Crippen LogP contribution >= 0.6 is 0 Å². The summed E-state index contributed by atoms with van der Waals surface area (Å²) in [5.41, 5.74) is 5.64. The van der Waals surface area contributed by atoms with Crippen molar-refractivity contribution in [2.75, 3.05) is 0 Å². The number of nitrogens with zero attached hydrogens (tertiary/aromatic N) is 6. The lowest BCUT2D eigenvalue weighted by Gasteiger charge is -1.99. The summed E-state index contributed by atoms with van der Waals surface area (Å²) in [6, 6.07) is 5.96. The topological polar surface area (TPSA) is 60.9 Å². The van der Waals surface area contributed by atoms with Gasteiger partial charge in [0.05, 0.1) is 12.4 Å². The Morgan fingerprint density at radius 1 is 0.864 bits per heavy atom. The summed E-state index contributed by atoms with van der Waals surface area (Å²) in [4.78, 5) is 8.86. The van der Waals surface area contributed by atoms with Crippen molar-refractivity contribution in [1.82, 2.24) is 29.4 Å². The summed E-state index contributed by atoms with van der Waals surface area (Å²) < 4.78 is 3.54. The van der Waals surface area contributed by atoms with Crippen molar-refractivity contribution in [1.29, 1.82) is 0 Å². The van der Waals surface area contributed by atoms with Gasteiger partial charge in [-0.3, -0.25) is 4.98 Å². The van der Waals surface area contributed by atoms with Gasteiger partial charge in [-0.2, -0.15) is 10.2 Å².